The first-order valence-electron chi connectivity index (χ1n) is 4.65. The Morgan fingerprint density at radius 2 is 1.62 bits per heavy atom. The van der Waals surface area contributed by atoms with E-state index >= 15 is 0 Å². The molecule has 0 radical (unpaired) electrons. The highest BCUT2D eigenvalue weighted by atomic mass is 16.7. The summed E-state index contributed by atoms with van der Waals surface area (Å²) in [5.41, 5.74) is 0. The second-order valence-electron chi connectivity index (χ2n) is 2.41. The van der Waals surface area contributed by atoms with Crippen molar-refractivity contribution in [3.8, 4) is 0 Å². The van der Waals surface area contributed by atoms with Gasteiger partial charge in [-0.15, -0.1) is 0 Å². The van der Waals surface area contributed by atoms with Crippen molar-refractivity contribution in [1.82, 2.24) is 0 Å². The summed E-state index contributed by atoms with van der Waals surface area (Å²) in [4.78, 5) is 0. The fourth-order valence-electron chi connectivity index (χ4n) is 0.838. The van der Waals surface area contributed by atoms with E-state index in [9.17, 15) is 0 Å². The third-order valence-electron chi connectivity index (χ3n) is 1.39. The van der Waals surface area contributed by atoms with Crippen molar-refractivity contribution in [2.45, 2.75) is 20.1 Å². The minimum Gasteiger partial charge on any atom is -0.382 e. The van der Waals surface area contributed by atoms with Gasteiger partial charge in [0.15, 0.2) is 6.29 Å². The molecule has 0 aromatic heterocycles. The van der Waals surface area contributed by atoms with Crippen molar-refractivity contribution < 1.29 is 18.9 Å². The monoisotopic (exact) mass is 192 g/mol. The Hall–Kier alpha value is -0.160. The molecular formula is C9H20O4. The number of methoxy groups -OCH3 is 1. The minimum absolute atomic E-state index is 0.244. The Balaban J connectivity index is 3.33. The summed E-state index contributed by atoms with van der Waals surface area (Å²) in [7, 11) is 1.64. The molecule has 0 spiro atoms. The largest absolute Gasteiger partial charge is 0.382 e. The Morgan fingerprint density at radius 3 is 2.08 bits per heavy atom. The van der Waals surface area contributed by atoms with Gasteiger partial charge in [0.1, 0.15) is 0 Å². The lowest BCUT2D eigenvalue weighted by Crippen LogP contribution is -2.24. The average Bonchev–Trinajstić information content (AvgIpc) is 2.13. The van der Waals surface area contributed by atoms with E-state index in [1.807, 2.05) is 13.8 Å². The Bertz CT molecular complexity index is 91.6. The van der Waals surface area contributed by atoms with Gasteiger partial charge in [0.2, 0.25) is 0 Å². The lowest BCUT2D eigenvalue weighted by atomic mass is 10.6. The summed E-state index contributed by atoms with van der Waals surface area (Å²) in [6, 6.07) is 0. The van der Waals surface area contributed by atoms with Gasteiger partial charge in [-0.2, -0.15) is 0 Å². The van der Waals surface area contributed by atoms with Crippen LogP contribution in [0.25, 0.3) is 0 Å². The molecule has 0 heterocycles. The number of hydrogen-bond acceptors (Lipinski definition) is 4. The van der Waals surface area contributed by atoms with Crippen LogP contribution in [0.1, 0.15) is 13.8 Å². The summed E-state index contributed by atoms with van der Waals surface area (Å²) < 4.78 is 20.7. The summed E-state index contributed by atoms with van der Waals surface area (Å²) in [5, 5.41) is 0. The van der Waals surface area contributed by atoms with E-state index in [1.165, 1.54) is 0 Å². The fraction of sp³-hybridized carbons (Fsp3) is 1.00. The molecule has 13 heavy (non-hydrogen) atoms. The normalized spacial score (nSPS) is 11.1. The maximum atomic E-state index is 5.27. The molecule has 80 valence electrons. The van der Waals surface area contributed by atoms with E-state index in [1.54, 1.807) is 7.11 Å². The van der Waals surface area contributed by atoms with Crippen LogP contribution >= 0.6 is 0 Å². The number of rotatable bonds is 9. The van der Waals surface area contributed by atoms with E-state index < -0.39 is 0 Å². The second-order valence-corrected chi connectivity index (χ2v) is 2.41. The zero-order chi connectivity index (χ0) is 9.94. The van der Waals surface area contributed by atoms with Crippen molar-refractivity contribution in [3.05, 3.63) is 0 Å². The van der Waals surface area contributed by atoms with Crippen LogP contribution in [0, 0.1) is 0 Å². The first-order chi connectivity index (χ1) is 6.35. The number of hydrogen-bond donors (Lipinski definition) is 0. The molecule has 0 saturated carbocycles. The van der Waals surface area contributed by atoms with E-state index in [0.717, 1.165) is 0 Å². The maximum Gasteiger partial charge on any atom is 0.180 e. The van der Waals surface area contributed by atoms with Crippen molar-refractivity contribution in [2.75, 3.05) is 40.1 Å². The quantitative estimate of drug-likeness (QED) is 0.404. The van der Waals surface area contributed by atoms with Crippen LogP contribution in [0.15, 0.2) is 0 Å². The highest BCUT2D eigenvalue weighted by Crippen LogP contribution is 1.95. The van der Waals surface area contributed by atoms with Crippen LogP contribution in [0.3, 0.4) is 0 Å². The number of ether oxygens (including phenoxy) is 4. The van der Waals surface area contributed by atoms with Crippen molar-refractivity contribution in [2.24, 2.45) is 0 Å². The van der Waals surface area contributed by atoms with E-state index in [0.29, 0.717) is 33.0 Å². The topological polar surface area (TPSA) is 36.9 Å². The van der Waals surface area contributed by atoms with E-state index in [-0.39, 0.29) is 6.29 Å². The molecule has 0 aromatic rings. The van der Waals surface area contributed by atoms with Crippen molar-refractivity contribution in [1.29, 1.82) is 0 Å². The molecule has 0 unspecified atom stereocenters. The Kier molecular flexibility index (Phi) is 9.80. The minimum atomic E-state index is -0.244. The first-order valence-corrected chi connectivity index (χ1v) is 4.65. The van der Waals surface area contributed by atoms with Crippen molar-refractivity contribution in [3.63, 3.8) is 0 Å². The van der Waals surface area contributed by atoms with Crippen LogP contribution in [0.5, 0.6) is 0 Å². The fourth-order valence-corrected chi connectivity index (χ4v) is 0.838. The lowest BCUT2D eigenvalue weighted by Gasteiger charge is -2.16. The third kappa shape index (κ3) is 8.18. The highest BCUT2D eigenvalue weighted by Gasteiger charge is 2.06. The molecule has 0 aliphatic carbocycles. The van der Waals surface area contributed by atoms with E-state index in [2.05, 4.69) is 0 Å². The van der Waals surface area contributed by atoms with Gasteiger partial charge in [-0.05, 0) is 13.8 Å². The van der Waals surface area contributed by atoms with Gasteiger partial charge in [0.05, 0.1) is 19.8 Å². The van der Waals surface area contributed by atoms with Gasteiger partial charge in [-0.3, -0.25) is 0 Å². The zero-order valence-electron chi connectivity index (χ0n) is 8.75. The summed E-state index contributed by atoms with van der Waals surface area (Å²) in [6.45, 7) is 6.78. The van der Waals surface area contributed by atoms with Gasteiger partial charge >= 0.3 is 0 Å². The van der Waals surface area contributed by atoms with Gasteiger partial charge in [-0.25, -0.2) is 0 Å². The predicted molar refractivity (Wildman–Crippen MR) is 49.7 cm³/mol. The average molecular weight is 192 g/mol. The molecule has 0 rings (SSSR count). The first kappa shape index (κ1) is 12.8. The van der Waals surface area contributed by atoms with Crippen LogP contribution in [0.4, 0.5) is 0 Å². The molecule has 4 nitrogen and oxygen atoms in total. The second kappa shape index (κ2) is 9.92. The molecule has 4 heteroatoms. The van der Waals surface area contributed by atoms with Gasteiger partial charge in [0, 0.05) is 20.3 Å². The van der Waals surface area contributed by atoms with E-state index in [4.69, 9.17) is 18.9 Å². The summed E-state index contributed by atoms with van der Waals surface area (Å²) in [6.07, 6.45) is -0.244. The molecule has 0 fully saturated rings. The summed E-state index contributed by atoms with van der Waals surface area (Å²) >= 11 is 0. The molecule has 0 saturated heterocycles. The third-order valence-corrected chi connectivity index (χ3v) is 1.39. The molecule has 0 amide bonds. The molecule has 0 aromatic carbocycles. The van der Waals surface area contributed by atoms with Gasteiger partial charge in [-0.1, -0.05) is 0 Å². The molecular weight excluding hydrogens is 172 g/mol. The molecule has 0 bridgehead atoms. The standard InChI is InChI=1S/C9H20O4/c1-4-12-9(13-5-2)8-11-7-6-10-3/h9H,4-8H2,1-3H3. The Morgan fingerprint density at radius 1 is 1.00 bits per heavy atom. The molecule has 0 atom stereocenters. The van der Waals surface area contributed by atoms with Crippen LogP contribution in [-0.2, 0) is 18.9 Å². The van der Waals surface area contributed by atoms with Gasteiger partial charge in [0.25, 0.3) is 0 Å². The van der Waals surface area contributed by atoms with Gasteiger partial charge < -0.3 is 18.9 Å². The lowest BCUT2D eigenvalue weighted by molar-refractivity contribution is -0.168. The Labute approximate surface area is 80.1 Å². The van der Waals surface area contributed by atoms with Crippen LogP contribution in [-0.4, -0.2) is 46.4 Å². The van der Waals surface area contributed by atoms with Crippen LogP contribution in [0.2, 0.25) is 0 Å². The molecule has 0 aliphatic rings. The smallest absolute Gasteiger partial charge is 0.180 e. The molecule has 0 aliphatic heterocycles. The highest BCUT2D eigenvalue weighted by molar-refractivity contribution is 4.41. The van der Waals surface area contributed by atoms with Crippen LogP contribution < -0.4 is 0 Å². The SMILES string of the molecule is CCOC(COCCOC)OCC. The summed E-state index contributed by atoms with van der Waals surface area (Å²) in [5.74, 6) is 0. The predicted octanol–water partition coefficient (Wildman–Crippen LogP) is 1.05. The van der Waals surface area contributed by atoms with Crippen molar-refractivity contribution >= 4 is 0 Å². The maximum absolute atomic E-state index is 5.27. The zero-order valence-corrected chi connectivity index (χ0v) is 8.75. The molecule has 0 N–H and O–H groups in total.